The monoisotopic (exact) mass is 267 g/mol. The lowest BCUT2D eigenvalue weighted by molar-refractivity contribution is -0.146. The first-order chi connectivity index (χ1) is 7.94. The number of halogens is 3. The molecule has 0 fully saturated rings. The van der Waals surface area contributed by atoms with Crippen LogP contribution in [-0.2, 0) is 6.54 Å². The summed E-state index contributed by atoms with van der Waals surface area (Å²) in [6.07, 6.45) is -2.52. The molecule has 3 nitrogen and oxygen atoms in total. The Hall–Kier alpha value is -0.820. The summed E-state index contributed by atoms with van der Waals surface area (Å²) < 4.78 is 36.8. The van der Waals surface area contributed by atoms with Crippen molar-refractivity contribution < 1.29 is 13.2 Å². The molecule has 0 amide bonds. The molecule has 0 aliphatic heterocycles. The van der Waals surface area contributed by atoms with Crippen LogP contribution in [0.1, 0.15) is 18.7 Å². The number of rotatable bonds is 6. The van der Waals surface area contributed by atoms with Gasteiger partial charge in [0.05, 0.1) is 6.54 Å². The van der Waals surface area contributed by atoms with E-state index < -0.39 is 12.7 Å². The van der Waals surface area contributed by atoms with Gasteiger partial charge < -0.3 is 5.32 Å². The van der Waals surface area contributed by atoms with E-state index in [-0.39, 0.29) is 0 Å². The van der Waals surface area contributed by atoms with Gasteiger partial charge in [0.2, 0.25) is 0 Å². The molecule has 1 heterocycles. The molecule has 1 aromatic heterocycles. The molecule has 0 saturated heterocycles. The molecule has 0 aromatic carbocycles. The summed E-state index contributed by atoms with van der Waals surface area (Å²) in [5.41, 5.74) is 0. The second kappa shape index (κ2) is 6.20. The van der Waals surface area contributed by atoms with Crippen LogP contribution < -0.4 is 5.32 Å². The summed E-state index contributed by atoms with van der Waals surface area (Å²) in [7, 11) is 0. The van der Waals surface area contributed by atoms with E-state index in [0.717, 1.165) is 16.6 Å². The minimum Gasteiger partial charge on any atom is -0.362 e. The van der Waals surface area contributed by atoms with Crippen LogP contribution in [0.2, 0.25) is 0 Å². The van der Waals surface area contributed by atoms with E-state index >= 15 is 0 Å². The van der Waals surface area contributed by atoms with Gasteiger partial charge in [-0.3, -0.25) is 4.90 Å². The molecule has 0 unspecified atom stereocenters. The molecule has 98 valence electrons. The number of aromatic nitrogens is 1. The Morgan fingerprint density at radius 3 is 2.65 bits per heavy atom. The molecule has 0 bridgehead atoms. The molecule has 1 N–H and O–H groups in total. The number of alkyl halides is 3. The first-order valence-corrected chi connectivity index (χ1v) is 6.24. The van der Waals surface area contributed by atoms with E-state index in [1.54, 1.807) is 13.1 Å². The van der Waals surface area contributed by atoms with Crippen LogP contribution in [0.5, 0.6) is 0 Å². The highest BCUT2D eigenvalue weighted by Gasteiger charge is 2.30. The van der Waals surface area contributed by atoms with Crippen molar-refractivity contribution >= 4 is 16.5 Å². The summed E-state index contributed by atoms with van der Waals surface area (Å²) in [5.74, 6) is 0. The Morgan fingerprint density at radius 2 is 2.12 bits per heavy atom. The largest absolute Gasteiger partial charge is 0.401 e. The van der Waals surface area contributed by atoms with Crippen molar-refractivity contribution in [3.05, 3.63) is 11.1 Å². The molecule has 0 spiro atoms. The van der Waals surface area contributed by atoms with Gasteiger partial charge >= 0.3 is 6.18 Å². The van der Waals surface area contributed by atoms with Gasteiger partial charge in [0.1, 0.15) is 0 Å². The minimum atomic E-state index is -4.15. The Labute approximate surface area is 103 Å². The highest BCUT2D eigenvalue weighted by atomic mass is 32.1. The van der Waals surface area contributed by atoms with Crippen molar-refractivity contribution in [2.45, 2.75) is 26.6 Å². The van der Waals surface area contributed by atoms with Crippen LogP contribution in [0, 0.1) is 0 Å². The summed E-state index contributed by atoms with van der Waals surface area (Å²) in [6, 6.07) is 0. The fourth-order valence-electron chi connectivity index (χ4n) is 1.37. The normalized spacial score (nSPS) is 12.1. The van der Waals surface area contributed by atoms with Crippen molar-refractivity contribution in [2.75, 3.05) is 25.0 Å². The predicted molar refractivity (Wildman–Crippen MR) is 63.3 cm³/mol. The first-order valence-electron chi connectivity index (χ1n) is 5.42. The van der Waals surface area contributed by atoms with Crippen molar-refractivity contribution in [3.63, 3.8) is 0 Å². The molecular formula is C10H16F3N3S. The van der Waals surface area contributed by atoms with E-state index in [2.05, 4.69) is 10.3 Å². The standard InChI is InChI=1S/C10H16F3N3S/c1-3-14-9-15-5-8(17-9)6-16(4-2)7-10(11,12)13/h5H,3-4,6-7H2,1-2H3,(H,14,15). The van der Waals surface area contributed by atoms with E-state index in [1.165, 1.54) is 16.2 Å². The molecule has 0 atom stereocenters. The highest BCUT2D eigenvalue weighted by Crippen LogP contribution is 2.22. The fraction of sp³-hybridized carbons (Fsp3) is 0.700. The van der Waals surface area contributed by atoms with E-state index in [1.807, 2.05) is 6.92 Å². The zero-order valence-electron chi connectivity index (χ0n) is 9.84. The molecule has 7 heteroatoms. The average molecular weight is 267 g/mol. The zero-order valence-corrected chi connectivity index (χ0v) is 10.7. The lowest BCUT2D eigenvalue weighted by Crippen LogP contribution is -2.33. The van der Waals surface area contributed by atoms with Gasteiger partial charge in [0, 0.05) is 24.2 Å². The quantitative estimate of drug-likeness (QED) is 0.859. The van der Waals surface area contributed by atoms with E-state index in [9.17, 15) is 13.2 Å². The van der Waals surface area contributed by atoms with Gasteiger partial charge in [-0.25, -0.2) is 4.98 Å². The van der Waals surface area contributed by atoms with Gasteiger partial charge in [0.15, 0.2) is 5.13 Å². The van der Waals surface area contributed by atoms with Crippen molar-refractivity contribution in [2.24, 2.45) is 0 Å². The predicted octanol–water partition coefficient (Wildman–Crippen LogP) is 2.96. The number of thiazole rings is 1. The maximum atomic E-state index is 12.3. The van der Waals surface area contributed by atoms with Gasteiger partial charge in [-0.05, 0) is 13.5 Å². The molecule has 1 rings (SSSR count). The summed E-state index contributed by atoms with van der Waals surface area (Å²) >= 11 is 1.40. The summed E-state index contributed by atoms with van der Waals surface area (Å²) in [4.78, 5) is 6.28. The SMILES string of the molecule is CCNc1ncc(CN(CC)CC(F)(F)F)s1. The molecule has 0 aliphatic carbocycles. The van der Waals surface area contributed by atoms with Crippen LogP contribution in [0.15, 0.2) is 6.20 Å². The minimum absolute atomic E-state index is 0.291. The molecule has 0 radical (unpaired) electrons. The third-order valence-electron chi connectivity index (χ3n) is 2.11. The molecule has 17 heavy (non-hydrogen) atoms. The summed E-state index contributed by atoms with van der Waals surface area (Å²) in [5, 5.41) is 3.79. The van der Waals surface area contributed by atoms with Crippen LogP contribution in [-0.4, -0.2) is 35.7 Å². The first kappa shape index (κ1) is 14.2. The Morgan fingerprint density at radius 1 is 1.41 bits per heavy atom. The number of nitrogens with one attached hydrogen (secondary N) is 1. The lowest BCUT2D eigenvalue weighted by Gasteiger charge is -2.20. The van der Waals surface area contributed by atoms with Crippen LogP contribution in [0.3, 0.4) is 0 Å². The third kappa shape index (κ3) is 5.36. The van der Waals surface area contributed by atoms with Gasteiger partial charge in [-0.1, -0.05) is 6.92 Å². The van der Waals surface area contributed by atoms with Crippen LogP contribution in [0.4, 0.5) is 18.3 Å². The number of anilines is 1. The summed E-state index contributed by atoms with van der Waals surface area (Å²) in [6.45, 7) is 4.21. The zero-order chi connectivity index (χ0) is 12.9. The molecule has 1 aromatic rings. The van der Waals surface area contributed by atoms with Crippen LogP contribution in [0.25, 0.3) is 0 Å². The third-order valence-corrected chi connectivity index (χ3v) is 3.05. The second-order valence-electron chi connectivity index (χ2n) is 3.58. The van der Waals surface area contributed by atoms with Crippen molar-refractivity contribution in [1.82, 2.24) is 9.88 Å². The Balaban J connectivity index is 2.54. The van der Waals surface area contributed by atoms with Gasteiger partial charge in [0.25, 0.3) is 0 Å². The van der Waals surface area contributed by atoms with Crippen molar-refractivity contribution in [1.29, 1.82) is 0 Å². The maximum absolute atomic E-state index is 12.3. The molecule has 0 saturated carbocycles. The number of nitrogens with zero attached hydrogens (tertiary/aromatic N) is 2. The lowest BCUT2D eigenvalue weighted by atomic mass is 10.4. The smallest absolute Gasteiger partial charge is 0.362 e. The maximum Gasteiger partial charge on any atom is 0.401 e. The highest BCUT2D eigenvalue weighted by molar-refractivity contribution is 7.15. The van der Waals surface area contributed by atoms with Crippen LogP contribution >= 0.6 is 11.3 Å². The van der Waals surface area contributed by atoms with E-state index in [4.69, 9.17) is 0 Å². The molecular weight excluding hydrogens is 251 g/mol. The molecule has 0 aliphatic rings. The number of hydrogen-bond donors (Lipinski definition) is 1. The second-order valence-corrected chi connectivity index (χ2v) is 4.70. The topological polar surface area (TPSA) is 28.2 Å². The average Bonchev–Trinajstić information content (AvgIpc) is 2.63. The van der Waals surface area contributed by atoms with Gasteiger partial charge in [-0.15, -0.1) is 11.3 Å². The Bertz CT molecular complexity index is 338. The van der Waals surface area contributed by atoms with Gasteiger partial charge in [-0.2, -0.15) is 13.2 Å². The van der Waals surface area contributed by atoms with Crippen molar-refractivity contribution in [3.8, 4) is 0 Å². The van der Waals surface area contributed by atoms with E-state index in [0.29, 0.717) is 13.1 Å². The fourth-order valence-corrected chi connectivity index (χ4v) is 2.29. The Kier molecular flexibility index (Phi) is 5.20. The number of hydrogen-bond acceptors (Lipinski definition) is 4.